The van der Waals surface area contributed by atoms with Crippen LogP contribution in [0.1, 0.15) is 45.4 Å². The molecule has 0 saturated heterocycles. The summed E-state index contributed by atoms with van der Waals surface area (Å²) < 4.78 is 0. The lowest BCUT2D eigenvalue weighted by Gasteiger charge is -2.30. The summed E-state index contributed by atoms with van der Waals surface area (Å²) in [5, 5.41) is 6.56. The third kappa shape index (κ3) is 3.34. The maximum absolute atomic E-state index is 4.44. The van der Waals surface area contributed by atoms with Crippen molar-refractivity contribution < 1.29 is 0 Å². The molecule has 0 amide bonds. The van der Waals surface area contributed by atoms with Crippen molar-refractivity contribution in [1.29, 1.82) is 0 Å². The van der Waals surface area contributed by atoms with Crippen molar-refractivity contribution in [1.82, 2.24) is 9.97 Å². The second kappa shape index (κ2) is 6.57. The van der Waals surface area contributed by atoms with E-state index >= 15 is 0 Å². The van der Waals surface area contributed by atoms with Gasteiger partial charge in [0.05, 0.1) is 0 Å². The third-order valence-electron chi connectivity index (χ3n) is 3.87. The maximum Gasteiger partial charge on any atom is 0.224 e. The second-order valence-corrected chi connectivity index (χ2v) is 5.07. The molecule has 100 valence electrons. The molecule has 1 heterocycles. The Bertz CT molecular complexity index is 361. The molecule has 1 fully saturated rings. The van der Waals surface area contributed by atoms with Crippen molar-refractivity contribution in [3.8, 4) is 0 Å². The van der Waals surface area contributed by atoms with Crippen LogP contribution in [-0.4, -0.2) is 23.1 Å². The van der Waals surface area contributed by atoms with Gasteiger partial charge >= 0.3 is 0 Å². The van der Waals surface area contributed by atoms with E-state index in [2.05, 4.69) is 27.5 Å². The van der Waals surface area contributed by atoms with E-state index in [1.807, 2.05) is 13.1 Å². The number of anilines is 2. The van der Waals surface area contributed by atoms with Gasteiger partial charge in [0, 0.05) is 19.3 Å². The molecule has 0 radical (unpaired) electrons. The van der Waals surface area contributed by atoms with Gasteiger partial charge in [-0.05, 0) is 31.2 Å². The molecule has 4 nitrogen and oxygen atoms in total. The molecular weight excluding hydrogens is 224 g/mol. The summed E-state index contributed by atoms with van der Waals surface area (Å²) in [6.45, 7) is 2.26. The SMILES string of the molecule is CCC(Nc1ccnc(NC)n1)C1CCCCC1. The lowest BCUT2D eigenvalue weighted by Crippen LogP contribution is -2.30. The molecule has 1 aliphatic carbocycles. The molecule has 1 atom stereocenters. The summed E-state index contributed by atoms with van der Waals surface area (Å²) in [5.74, 6) is 2.42. The molecule has 0 aromatic carbocycles. The first-order valence-corrected chi connectivity index (χ1v) is 7.10. The topological polar surface area (TPSA) is 49.8 Å². The summed E-state index contributed by atoms with van der Waals surface area (Å²) in [6.07, 6.45) is 9.84. The highest BCUT2D eigenvalue weighted by Gasteiger charge is 2.22. The molecule has 1 aliphatic rings. The number of hydrogen-bond acceptors (Lipinski definition) is 4. The van der Waals surface area contributed by atoms with Gasteiger partial charge in [0.15, 0.2) is 0 Å². The highest BCUT2D eigenvalue weighted by Crippen LogP contribution is 2.29. The Kier molecular flexibility index (Phi) is 4.79. The summed E-state index contributed by atoms with van der Waals surface area (Å²) in [6, 6.07) is 2.50. The summed E-state index contributed by atoms with van der Waals surface area (Å²) >= 11 is 0. The van der Waals surface area contributed by atoms with Crippen LogP contribution >= 0.6 is 0 Å². The minimum atomic E-state index is 0.546. The van der Waals surface area contributed by atoms with Crippen LogP contribution in [0.2, 0.25) is 0 Å². The van der Waals surface area contributed by atoms with Gasteiger partial charge in [-0.2, -0.15) is 4.98 Å². The lowest BCUT2D eigenvalue weighted by atomic mass is 9.83. The van der Waals surface area contributed by atoms with Gasteiger partial charge in [-0.25, -0.2) is 4.98 Å². The first kappa shape index (κ1) is 13.1. The average Bonchev–Trinajstić information content (AvgIpc) is 2.46. The van der Waals surface area contributed by atoms with Crippen LogP contribution in [0.5, 0.6) is 0 Å². The zero-order chi connectivity index (χ0) is 12.8. The number of nitrogens with zero attached hydrogens (tertiary/aromatic N) is 2. The zero-order valence-electron chi connectivity index (χ0n) is 11.4. The van der Waals surface area contributed by atoms with E-state index in [0.717, 1.165) is 18.2 Å². The predicted octanol–water partition coefficient (Wildman–Crippen LogP) is 3.29. The fourth-order valence-corrected chi connectivity index (χ4v) is 2.84. The number of aromatic nitrogens is 2. The standard InChI is InChI=1S/C14H24N4/c1-3-12(11-7-5-4-6-8-11)17-13-9-10-16-14(15-2)18-13/h9-12H,3-8H2,1-2H3,(H2,15,16,17,18). The van der Waals surface area contributed by atoms with Gasteiger partial charge in [0.25, 0.3) is 0 Å². The van der Waals surface area contributed by atoms with Crippen LogP contribution in [0.25, 0.3) is 0 Å². The van der Waals surface area contributed by atoms with Crippen molar-refractivity contribution in [2.45, 2.75) is 51.5 Å². The second-order valence-electron chi connectivity index (χ2n) is 5.07. The first-order chi connectivity index (χ1) is 8.83. The Morgan fingerprint density at radius 2 is 2.11 bits per heavy atom. The van der Waals surface area contributed by atoms with Gasteiger partial charge in [0.2, 0.25) is 5.95 Å². The smallest absolute Gasteiger partial charge is 0.224 e. The van der Waals surface area contributed by atoms with Crippen LogP contribution in [0, 0.1) is 5.92 Å². The molecule has 0 aliphatic heterocycles. The van der Waals surface area contributed by atoms with Crippen molar-refractivity contribution in [2.75, 3.05) is 17.7 Å². The Morgan fingerprint density at radius 3 is 2.78 bits per heavy atom. The average molecular weight is 248 g/mol. The Balaban J connectivity index is 1.99. The predicted molar refractivity (Wildman–Crippen MR) is 75.9 cm³/mol. The minimum Gasteiger partial charge on any atom is -0.367 e. The number of rotatable bonds is 5. The van der Waals surface area contributed by atoms with E-state index < -0.39 is 0 Å². The Labute approximate surface area is 110 Å². The van der Waals surface area contributed by atoms with Gasteiger partial charge in [-0.3, -0.25) is 0 Å². The van der Waals surface area contributed by atoms with Gasteiger partial charge < -0.3 is 10.6 Å². The maximum atomic E-state index is 4.44. The van der Waals surface area contributed by atoms with Crippen LogP contribution in [0.4, 0.5) is 11.8 Å². The van der Waals surface area contributed by atoms with E-state index in [9.17, 15) is 0 Å². The molecular formula is C14H24N4. The van der Waals surface area contributed by atoms with Crippen LogP contribution in [-0.2, 0) is 0 Å². The molecule has 2 rings (SSSR count). The Hall–Kier alpha value is -1.32. The normalized spacial score (nSPS) is 18.3. The van der Waals surface area contributed by atoms with E-state index in [1.54, 1.807) is 6.20 Å². The molecule has 0 bridgehead atoms. The molecule has 1 aromatic heterocycles. The van der Waals surface area contributed by atoms with Crippen LogP contribution < -0.4 is 10.6 Å². The van der Waals surface area contributed by atoms with Gasteiger partial charge in [-0.1, -0.05) is 26.2 Å². The molecule has 1 unspecified atom stereocenters. The summed E-state index contributed by atoms with van der Waals surface area (Å²) in [5.41, 5.74) is 0. The minimum absolute atomic E-state index is 0.546. The quantitative estimate of drug-likeness (QED) is 0.839. The number of hydrogen-bond donors (Lipinski definition) is 2. The zero-order valence-corrected chi connectivity index (χ0v) is 11.4. The molecule has 2 N–H and O–H groups in total. The molecule has 1 saturated carbocycles. The monoisotopic (exact) mass is 248 g/mol. The fraction of sp³-hybridized carbons (Fsp3) is 0.714. The van der Waals surface area contributed by atoms with Crippen LogP contribution in [0.15, 0.2) is 12.3 Å². The van der Waals surface area contributed by atoms with Gasteiger partial charge in [-0.15, -0.1) is 0 Å². The number of nitrogens with one attached hydrogen (secondary N) is 2. The van der Waals surface area contributed by atoms with Crippen molar-refractivity contribution in [3.63, 3.8) is 0 Å². The summed E-state index contributed by atoms with van der Waals surface area (Å²) in [7, 11) is 1.84. The summed E-state index contributed by atoms with van der Waals surface area (Å²) in [4.78, 5) is 8.58. The highest BCUT2D eigenvalue weighted by atomic mass is 15.1. The third-order valence-corrected chi connectivity index (χ3v) is 3.87. The lowest BCUT2D eigenvalue weighted by molar-refractivity contribution is 0.312. The molecule has 18 heavy (non-hydrogen) atoms. The molecule has 0 spiro atoms. The largest absolute Gasteiger partial charge is 0.367 e. The van der Waals surface area contributed by atoms with E-state index in [-0.39, 0.29) is 0 Å². The van der Waals surface area contributed by atoms with Gasteiger partial charge in [0.1, 0.15) is 5.82 Å². The van der Waals surface area contributed by atoms with Crippen molar-refractivity contribution in [2.24, 2.45) is 5.92 Å². The first-order valence-electron chi connectivity index (χ1n) is 7.10. The van der Waals surface area contributed by atoms with E-state index in [1.165, 1.54) is 32.1 Å². The van der Waals surface area contributed by atoms with E-state index in [4.69, 9.17) is 0 Å². The van der Waals surface area contributed by atoms with Crippen molar-refractivity contribution >= 4 is 11.8 Å². The van der Waals surface area contributed by atoms with E-state index in [0.29, 0.717) is 12.0 Å². The molecule has 1 aromatic rings. The van der Waals surface area contributed by atoms with Crippen LogP contribution in [0.3, 0.4) is 0 Å². The molecule has 4 heteroatoms. The fourth-order valence-electron chi connectivity index (χ4n) is 2.84. The Morgan fingerprint density at radius 1 is 1.33 bits per heavy atom. The highest BCUT2D eigenvalue weighted by molar-refractivity contribution is 5.40. The van der Waals surface area contributed by atoms with Crippen molar-refractivity contribution in [3.05, 3.63) is 12.3 Å².